The van der Waals surface area contributed by atoms with Crippen molar-refractivity contribution < 1.29 is 8.78 Å². The fraction of sp³-hybridized carbons (Fsp3) is 0.625. The highest BCUT2D eigenvalue weighted by molar-refractivity contribution is 5.18. The van der Waals surface area contributed by atoms with Crippen molar-refractivity contribution >= 4 is 0 Å². The molecule has 2 rings (SSSR count). The number of hydrogen-bond acceptors (Lipinski definition) is 0. The molecule has 1 saturated carbocycles. The maximum absolute atomic E-state index is 13.5. The van der Waals surface area contributed by atoms with E-state index in [0.717, 1.165) is 30.7 Å². The molecule has 1 aliphatic carbocycles. The van der Waals surface area contributed by atoms with E-state index in [2.05, 4.69) is 6.92 Å². The van der Waals surface area contributed by atoms with Crippen LogP contribution in [0.4, 0.5) is 8.78 Å². The van der Waals surface area contributed by atoms with Gasteiger partial charge in [0.1, 0.15) is 11.6 Å². The third-order valence-corrected chi connectivity index (χ3v) is 4.38. The maximum Gasteiger partial charge on any atom is 0.129 e. The van der Waals surface area contributed by atoms with Crippen LogP contribution in [0.15, 0.2) is 18.2 Å². The normalized spacial score (nSPS) is 24.2. The molecule has 0 aromatic heterocycles. The average Bonchev–Trinajstić information content (AvgIpc) is 2.38. The zero-order chi connectivity index (χ0) is 13.0. The molecule has 0 nitrogen and oxygen atoms in total. The van der Waals surface area contributed by atoms with Gasteiger partial charge in [-0.1, -0.05) is 45.1 Å². The molecule has 0 amide bonds. The Labute approximate surface area is 108 Å². The molecule has 0 N–H and O–H groups in total. The molecule has 18 heavy (non-hydrogen) atoms. The van der Waals surface area contributed by atoms with Gasteiger partial charge in [0.15, 0.2) is 0 Å². The van der Waals surface area contributed by atoms with E-state index in [4.69, 9.17) is 0 Å². The minimum Gasteiger partial charge on any atom is -0.207 e. The highest BCUT2D eigenvalue weighted by atomic mass is 19.1. The van der Waals surface area contributed by atoms with Crippen LogP contribution < -0.4 is 0 Å². The van der Waals surface area contributed by atoms with Gasteiger partial charge < -0.3 is 0 Å². The summed E-state index contributed by atoms with van der Waals surface area (Å²) in [5, 5.41) is 0. The Morgan fingerprint density at radius 2 is 1.72 bits per heavy atom. The summed E-state index contributed by atoms with van der Waals surface area (Å²) < 4.78 is 26.3. The minimum atomic E-state index is -0.486. The lowest BCUT2D eigenvalue weighted by Gasteiger charge is -2.27. The monoisotopic (exact) mass is 252 g/mol. The van der Waals surface area contributed by atoms with Crippen LogP contribution in [-0.4, -0.2) is 0 Å². The molecule has 1 aromatic carbocycles. The van der Waals surface area contributed by atoms with E-state index in [0.29, 0.717) is 5.56 Å². The summed E-state index contributed by atoms with van der Waals surface area (Å²) in [6.07, 6.45) is 8.29. The van der Waals surface area contributed by atoms with Crippen molar-refractivity contribution in [2.75, 3.05) is 0 Å². The quantitative estimate of drug-likeness (QED) is 0.698. The summed E-state index contributed by atoms with van der Waals surface area (Å²) in [7, 11) is 0. The minimum absolute atomic E-state index is 0.391. The molecule has 1 aliphatic rings. The van der Waals surface area contributed by atoms with Gasteiger partial charge in [-0.25, -0.2) is 8.78 Å². The van der Waals surface area contributed by atoms with Gasteiger partial charge in [0.2, 0.25) is 0 Å². The van der Waals surface area contributed by atoms with Crippen molar-refractivity contribution in [1.82, 2.24) is 0 Å². The van der Waals surface area contributed by atoms with E-state index in [9.17, 15) is 8.78 Å². The smallest absolute Gasteiger partial charge is 0.129 e. The number of aryl methyl sites for hydroxylation is 1. The lowest BCUT2D eigenvalue weighted by molar-refractivity contribution is 0.258. The van der Waals surface area contributed by atoms with Crippen LogP contribution in [0, 0.1) is 23.5 Å². The summed E-state index contributed by atoms with van der Waals surface area (Å²) in [6, 6.07) is 3.93. The Morgan fingerprint density at radius 3 is 2.33 bits per heavy atom. The lowest BCUT2D eigenvalue weighted by Crippen LogP contribution is -2.14. The van der Waals surface area contributed by atoms with Crippen LogP contribution in [0.2, 0.25) is 0 Å². The molecule has 0 unspecified atom stereocenters. The molecule has 0 bridgehead atoms. The Balaban J connectivity index is 1.81. The first-order valence-electron chi connectivity index (χ1n) is 7.13. The van der Waals surface area contributed by atoms with Gasteiger partial charge in [0.05, 0.1) is 0 Å². The van der Waals surface area contributed by atoms with Gasteiger partial charge in [0, 0.05) is 6.07 Å². The van der Waals surface area contributed by atoms with Crippen LogP contribution in [0.3, 0.4) is 0 Å². The third kappa shape index (κ3) is 3.54. The number of benzene rings is 1. The van der Waals surface area contributed by atoms with Crippen molar-refractivity contribution in [3.8, 4) is 0 Å². The van der Waals surface area contributed by atoms with E-state index in [1.165, 1.54) is 38.2 Å². The third-order valence-electron chi connectivity index (χ3n) is 4.38. The Morgan fingerprint density at radius 1 is 1.06 bits per heavy atom. The molecule has 1 fully saturated rings. The first-order chi connectivity index (χ1) is 8.69. The van der Waals surface area contributed by atoms with E-state index < -0.39 is 11.6 Å². The van der Waals surface area contributed by atoms with E-state index in [1.807, 2.05) is 0 Å². The molecule has 0 saturated heterocycles. The molecule has 2 heteroatoms. The second-order valence-electron chi connectivity index (χ2n) is 5.57. The van der Waals surface area contributed by atoms with Gasteiger partial charge in [-0.05, 0) is 36.3 Å². The van der Waals surface area contributed by atoms with Gasteiger partial charge in [-0.15, -0.1) is 0 Å². The number of rotatable bonds is 4. The lowest BCUT2D eigenvalue weighted by atomic mass is 9.78. The van der Waals surface area contributed by atoms with Crippen molar-refractivity contribution in [3.05, 3.63) is 35.4 Å². The van der Waals surface area contributed by atoms with Crippen LogP contribution >= 0.6 is 0 Å². The van der Waals surface area contributed by atoms with E-state index in [-0.39, 0.29) is 0 Å². The highest BCUT2D eigenvalue weighted by Gasteiger charge is 2.20. The van der Waals surface area contributed by atoms with Gasteiger partial charge in [-0.2, -0.15) is 0 Å². The highest BCUT2D eigenvalue weighted by Crippen LogP contribution is 2.33. The first kappa shape index (κ1) is 13.5. The van der Waals surface area contributed by atoms with Gasteiger partial charge in [-0.3, -0.25) is 0 Å². The van der Waals surface area contributed by atoms with Crippen LogP contribution in [-0.2, 0) is 6.42 Å². The van der Waals surface area contributed by atoms with Crippen molar-refractivity contribution in [1.29, 1.82) is 0 Å². The van der Waals surface area contributed by atoms with Crippen molar-refractivity contribution in [2.45, 2.75) is 51.9 Å². The summed E-state index contributed by atoms with van der Waals surface area (Å²) in [4.78, 5) is 0. The fourth-order valence-corrected chi connectivity index (χ4v) is 3.01. The zero-order valence-corrected chi connectivity index (χ0v) is 11.1. The average molecular weight is 252 g/mol. The molecule has 0 aliphatic heterocycles. The molecule has 0 atom stereocenters. The summed E-state index contributed by atoms with van der Waals surface area (Å²) >= 11 is 0. The van der Waals surface area contributed by atoms with Crippen molar-refractivity contribution in [2.24, 2.45) is 11.8 Å². The zero-order valence-electron chi connectivity index (χ0n) is 11.1. The standard InChI is InChI=1S/C16H22F2/c1-2-12-3-5-13(6-4-12)7-8-14-9-10-15(17)11-16(14)18/h9-13H,2-8H2,1H3/t12-,13-. The second kappa shape index (κ2) is 6.31. The van der Waals surface area contributed by atoms with E-state index >= 15 is 0 Å². The summed E-state index contributed by atoms with van der Waals surface area (Å²) in [5.74, 6) is 0.762. The molecule has 1 aromatic rings. The first-order valence-corrected chi connectivity index (χ1v) is 7.13. The Hall–Kier alpha value is -0.920. The Kier molecular flexibility index (Phi) is 4.73. The second-order valence-corrected chi connectivity index (χ2v) is 5.57. The molecule has 0 spiro atoms. The molecular formula is C16H22F2. The van der Waals surface area contributed by atoms with Crippen LogP contribution in [0.1, 0.15) is 51.0 Å². The largest absolute Gasteiger partial charge is 0.207 e. The van der Waals surface area contributed by atoms with E-state index in [1.54, 1.807) is 6.07 Å². The number of halogens is 2. The SMILES string of the molecule is CC[C@H]1CC[C@H](CCc2ccc(F)cc2F)CC1. The van der Waals surface area contributed by atoms with Crippen LogP contribution in [0.25, 0.3) is 0 Å². The molecule has 100 valence electrons. The van der Waals surface area contributed by atoms with Crippen molar-refractivity contribution in [3.63, 3.8) is 0 Å². The summed E-state index contributed by atoms with van der Waals surface area (Å²) in [6.45, 7) is 2.26. The number of hydrogen-bond donors (Lipinski definition) is 0. The van der Waals surface area contributed by atoms with Crippen LogP contribution in [0.5, 0.6) is 0 Å². The predicted molar refractivity (Wildman–Crippen MR) is 70.4 cm³/mol. The predicted octanol–water partition coefficient (Wildman–Crippen LogP) is 5.11. The summed E-state index contributed by atoms with van der Waals surface area (Å²) in [5.41, 5.74) is 0.661. The maximum atomic E-state index is 13.5. The Bertz CT molecular complexity index is 379. The molecular weight excluding hydrogens is 230 g/mol. The topological polar surface area (TPSA) is 0 Å². The molecule has 0 heterocycles. The fourth-order valence-electron chi connectivity index (χ4n) is 3.01. The van der Waals surface area contributed by atoms with Gasteiger partial charge >= 0.3 is 0 Å². The van der Waals surface area contributed by atoms with Gasteiger partial charge in [0.25, 0.3) is 0 Å². The molecule has 0 radical (unpaired) electrons.